The van der Waals surface area contributed by atoms with Crippen molar-refractivity contribution in [2.45, 2.75) is 0 Å². The highest BCUT2D eigenvalue weighted by Gasteiger charge is 2.17. The summed E-state index contributed by atoms with van der Waals surface area (Å²) in [5.74, 6) is 0. The third-order valence-corrected chi connectivity index (χ3v) is 7.33. The average Bonchev–Trinajstić information content (AvgIpc) is 2.95. The molecule has 2 heteroatoms. The molecule has 2 nitrogen and oxygen atoms in total. The summed E-state index contributed by atoms with van der Waals surface area (Å²) in [5, 5.41) is 9.70. The lowest BCUT2D eigenvalue weighted by molar-refractivity contribution is 0.111. The fourth-order valence-electron chi connectivity index (χ4n) is 5.77. The highest BCUT2D eigenvalue weighted by atomic mass is 16.1. The van der Waals surface area contributed by atoms with Crippen LogP contribution in [0.25, 0.3) is 65.3 Å². The molecule has 0 amide bonds. The van der Waals surface area contributed by atoms with Crippen LogP contribution in [0, 0.1) is 0 Å². The lowest BCUT2D eigenvalue weighted by Gasteiger charge is -2.18. The maximum absolute atomic E-state index is 11.4. The minimum atomic E-state index is 0.675. The van der Waals surface area contributed by atoms with E-state index in [-0.39, 0.29) is 0 Å². The Balaban J connectivity index is 1.59. The first-order valence-corrected chi connectivity index (χ1v) is 12.0. The van der Waals surface area contributed by atoms with Crippen LogP contribution in [0.1, 0.15) is 20.7 Å². The van der Waals surface area contributed by atoms with Gasteiger partial charge in [0.25, 0.3) is 0 Å². The summed E-state index contributed by atoms with van der Waals surface area (Å²) < 4.78 is 0. The van der Waals surface area contributed by atoms with Crippen molar-refractivity contribution in [3.8, 4) is 22.3 Å². The van der Waals surface area contributed by atoms with E-state index in [2.05, 4.69) is 72.8 Å². The molecule has 168 valence electrons. The summed E-state index contributed by atoms with van der Waals surface area (Å²) >= 11 is 0. The average molecular weight is 461 g/mol. The van der Waals surface area contributed by atoms with Crippen LogP contribution in [0.2, 0.25) is 0 Å². The Morgan fingerprint density at radius 3 is 1.22 bits per heavy atom. The molecule has 0 unspecified atom stereocenters. The van der Waals surface area contributed by atoms with Crippen LogP contribution in [0.3, 0.4) is 0 Å². The summed E-state index contributed by atoms with van der Waals surface area (Å²) in [4.78, 5) is 22.8. The molecule has 0 bridgehead atoms. The summed E-state index contributed by atoms with van der Waals surface area (Å²) in [5.41, 5.74) is 5.67. The van der Waals surface area contributed by atoms with Gasteiger partial charge < -0.3 is 0 Å². The number of aldehydes is 2. The molecule has 7 aromatic carbocycles. The van der Waals surface area contributed by atoms with Crippen molar-refractivity contribution in [1.29, 1.82) is 0 Å². The molecule has 0 N–H and O–H groups in total. The van der Waals surface area contributed by atoms with E-state index in [1.54, 1.807) is 0 Å². The molecule has 0 aliphatic heterocycles. The Kier molecular flexibility index (Phi) is 4.49. The van der Waals surface area contributed by atoms with Crippen molar-refractivity contribution in [2.75, 3.05) is 0 Å². The Labute approximate surface area is 207 Å². The van der Waals surface area contributed by atoms with Crippen LogP contribution < -0.4 is 0 Å². The molecule has 0 aromatic heterocycles. The zero-order valence-electron chi connectivity index (χ0n) is 19.4. The zero-order valence-corrected chi connectivity index (χ0v) is 19.4. The van der Waals surface area contributed by atoms with E-state index in [0.717, 1.165) is 34.8 Å². The molecule has 0 saturated carbocycles. The van der Waals surface area contributed by atoms with Gasteiger partial charge in [-0.1, -0.05) is 97.1 Å². The summed E-state index contributed by atoms with van der Waals surface area (Å²) in [6.07, 6.45) is 1.79. The van der Waals surface area contributed by atoms with Crippen molar-refractivity contribution in [1.82, 2.24) is 0 Å². The summed E-state index contributed by atoms with van der Waals surface area (Å²) in [6, 6.07) is 37.3. The van der Waals surface area contributed by atoms with Gasteiger partial charge >= 0.3 is 0 Å². The largest absolute Gasteiger partial charge is 0.298 e. The van der Waals surface area contributed by atoms with Gasteiger partial charge in [-0.25, -0.2) is 0 Å². The van der Waals surface area contributed by atoms with Crippen molar-refractivity contribution >= 4 is 55.7 Å². The van der Waals surface area contributed by atoms with Gasteiger partial charge in [0.1, 0.15) is 12.6 Å². The van der Waals surface area contributed by atoms with Crippen molar-refractivity contribution in [3.05, 3.63) is 120 Å². The second-order valence-electron chi connectivity index (χ2n) is 9.26. The Hall–Kier alpha value is -4.82. The molecule has 0 aliphatic rings. The number of hydrogen-bond donors (Lipinski definition) is 0. The molecule has 0 fully saturated rings. The molecule has 0 atom stereocenters. The van der Waals surface area contributed by atoms with E-state index in [4.69, 9.17) is 0 Å². The van der Waals surface area contributed by atoms with E-state index in [1.807, 2.05) is 36.4 Å². The quantitative estimate of drug-likeness (QED) is 0.150. The van der Waals surface area contributed by atoms with Crippen LogP contribution in [0.4, 0.5) is 0 Å². The van der Waals surface area contributed by atoms with E-state index in [9.17, 15) is 9.59 Å². The number of hydrogen-bond acceptors (Lipinski definition) is 2. The predicted octanol–water partition coefficient (Wildman–Crippen LogP) is 8.70. The maximum Gasteiger partial charge on any atom is 0.150 e. The second-order valence-corrected chi connectivity index (χ2v) is 9.26. The number of carbonyl (C=O) groups is 2. The third kappa shape index (κ3) is 2.91. The molecule has 0 aliphatic carbocycles. The summed E-state index contributed by atoms with van der Waals surface area (Å²) in [6.45, 7) is 0. The molecular weight excluding hydrogens is 440 g/mol. The SMILES string of the molecule is O=Cc1cccc(-c2ccc3c4cccc5c(-c6cccc(C=O)c6)ccc(c6cccc2c63)c54)c1. The zero-order chi connectivity index (χ0) is 24.2. The van der Waals surface area contributed by atoms with Crippen LogP contribution in [0.15, 0.2) is 109 Å². The molecule has 0 spiro atoms. The van der Waals surface area contributed by atoms with Crippen LogP contribution in [-0.4, -0.2) is 12.6 Å². The number of carbonyl (C=O) groups excluding carboxylic acids is 2. The van der Waals surface area contributed by atoms with Crippen molar-refractivity contribution < 1.29 is 9.59 Å². The highest BCUT2D eigenvalue weighted by molar-refractivity contribution is 6.35. The molecular formula is C34H20O2. The first-order valence-electron chi connectivity index (χ1n) is 12.0. The molecule has 0 radical (unpaired) electrons. The Morgan fingerprint density at radius 2 is 0.778 bits per heavy atom. The van der Waals surface area contributed by atoms with Crippen LogP contribution >= 0.6 is 0 Å². The van der Waals surface area contributed by atoms with Crippen LogP contribution in [0.5, 0.6) is 0 Å². The molecule has 7 aromatic rings. The van der Waals surface area contributed by atoms with Gasteiger partial charge in [0, 0.05) is 11.1 Å². The first-order chi connectivity index (χ1) is 17.8. The minimum Gasteiger partial charge on any atom is -0.298 e. The van der Waals surface area contributed by atoms with Gasteiger partial charge in [-0.2, -0.15) is 0 Å². The monoisotopic (exact) mass is 460 g/mol. The van der Waals surface area contributed by atoms with E-state index >= 15 is 0 Å². The van der Waals surface area contributed by atoms with Gasteiger partial charge in [0.2, 0.25) is 0 Å². The lowest BCUT2D eigenvalue weighted by Crippen LogP contribution is -1.91. The van der Waals surface area contributed by atoms with Gasteiger partial charge in [0.05, 0.1) is 0 Å². The number of benzene rings is 7. The highest BCUT2D eigenvalue weighted by Crippen LogP contribution is 2.45. The third-order valence-electron chi connectivity index (χ3n) is 7.33. The Bertz CT molecular complexity index is 1820. The van der Waals surface area contributed by atoms with Gasteiger partial charge in [-0.05, 0) is 77.5 Å². The predicted molar refractivity (Wildman–Crippen MR) is 149 cm³/mol. The lowest BCUT2D eigenvalue weighted by atomic mass is 9.85. The fourth-order valence-corrected chi connectivity index (χ4v) is 5.77. The van der Waals surface area contributed by atoms with Gasteiger partial charge in [-0.15, -0.1) is 0 Å². The van der Waals surface area contributed by atoms with Crippen molar-refractivity contribution in [2.24, 2.45) is 0 Å². The standard InChI is InChI=1S/C34H20O2/c35-19-21-5-1-7-23(17-21)25-13-15-31-30-12-4-10-28-26(24-8-2-6-22(18-24)20-36)14-16-32(34(28)30)29-11-3-9-27(25)33(29)31/h1-20H. The first kappa shape index (κ1) is 20.5. The van der Waals surface area contributed by atoms with E-state index < -0.39 is 0 Å². The van der Waals surface area contributed by atoms with E-state index in [0.29, 0.717) is 11.1 Å². The molecule has 36 heavy (non-hydrogen) atoms. The second kappa shape index (κ2) is 7.86. The fraction of sp³-hybridized carbons (Fsp3) is 0. The van der Waals surface area contributed by atoms with Crippen LogP contribution in [-0.2, 0) is 0 Å². The smallest absolute Gasteiger partial charge is 0.150 e. The topological polar surface area (TPSA) is 34.1 Å². The number of rotatable bonds is 4. The molecule has 0 saturated heterocycles. The molecule has 0 heterocycles. The maximum atomic E-state index is 11.4. The van der Waals surface area contributed by atoms with Gasteiger partial charge in [-0.3, -0.25) is 9.59 Å². The van der Waals surface area contributed by atoms with Gasteiger partial charge in [0.15, 0.2) is 0 Å². The normalized spacial score (nSPS) is 11.6. The Morgan fingerprint density at radius 1 is 0.389 bits per heavy atom. The number of fused-ring (bicyclic) bond motifs is 2. The van der Waals surface area contributed by atoms with Crippen molar-refractivity contribution in [3.63, 3.8) is 0 Å². The van der Waals surface area contributed by atoms with E-state index in [1.165, 1.54) is 43.1 Å². The minimum absolute atomic E-state index is 0.675. The summed E-state index contributed by atoms with van der Waals surface area (Å²) in [7, 11) is 0. The molecule has 7 rings (SSSR count).